The zero-order valence-electron chi connectivity index (χ0n) is 9.38. The number of rotatable bonds is 3. The lowest BCUT2D eigenvalue weighted by molar-refractivity contribution is -0.131. The summed E-state index contributed by atoms with van der Waals surface area (Å²) in [6, 6.07) is 13.2. The first-order valence-corrected chi connectivity index (χ1v) is 6.09. The minimum atomic E-state index is -0.966. The van der Waals surface area contributed by atoms with Crippen LogP contribution in [0.25, 0.3) is 17.3 Å². The molecule has 0 aliphatic carbocycles. The van der Waals surface area contributed by atoms with Crippen LogP contribution in [-0.4, -0.2) is 16.1 Å². The highest BCUT2D eigenvalue weighted by atomic mass is 79.9. The van der Waals surface area contributed by atoms with Gasteiger partial charge in [-0.15, -0.1) is 0 Å². The van der Waals surface area contributed by atoms with Gasteiger partial charge in [-0.05, 0) is 39.7 Å². The monoisotopic (exact) mass is 303 g/mol. The summed E-state index contributed by atoms with van der Waals surface area (Å²) in [5.41, 5.74) is 2.52. The SMILES string of the molecule is O=C(O)/C=C/c1ccccc1-c1cccc(Br)n1. The molecule has 0 aliphatic rings. The van der Waals surface area contributed by atoms with E-state index < -0.39 is 5.97 Å². The molecule has 3 nitrogen and oxygen atoms in total. The van der Waals surface area contributed by atoms with Gasteiger partial charge in [0.15, 0.2) is 0 Å². The first-order chi connectivity index (χ1) is 8.66. The molecule has 0 aliphatic heterocycles. The molecule has 1 N–H and O–H groups in total. The topological polar surface area (TPSA) is 50.2 Å². The highest BCUT2D eigenvalue weighted by molar-refractivity contribution is 9.10. The smallest absolute Gasteiger partial charge is 0.328 e. The Bertz CT molecular complexity index is 608. The summed E-state index contributed by atoms with van der Waals surface area (Å²) in [5, 5.41) is 8.67. The number of benzene rings is 1. The number of nitrogens with zero attached hydrogens (tertiary/aromatic N) is 1. The summed E-state index contributed by atoms with van der Waals surface area (Å²) in [7, 11) is 0. The van der Waals surface area contributed by atoms with Crippen molar-refractivity contribution in [3.05, 3.63) is 58.7 Å². The molecule has 18 heavy (non-hydrogen) atoms. The van der Waals surface area contributed by atoms with Crippen LogP contribution in [0.5, 0.6) is 0 Å². The Labute approximate surface area is 113 Å². The molecule has 0 spiro atoms. The van der Waals surface area contributed by atoms with Crippen LogP contribution in [0.4, 0.5) is 0 Å². The Morgan fingerprint density at radius 2 is 1.94 bits per heavy atom. The molecule has 1 aromatic heterocycles. The van der Waals surface area contributed by atoms with E-state index in [0.29, 0.717) is 0 Å². The Balaban J connectivity index is 2.48. The van der Waals surface area contributed by atoms with Crippen molar-refractivity contribution < 1.29 is 9.90 Å². The molecule has 90 valence electrons. The van der Waals surface area contributed by atoms with Crippen LogP contribution in [0.2, 0.25) is 0 Å². The Morgan fingerprint density at radius 1 is 1.17 bits per heavy atom. The molecule has 0 bridgehead atoms. The molecule has 1 aromatic carbocycles. The van der Waals surface area contributed by atoms with Gasteiger partial charge < -0.3 is 5.11 Å². The quantitative estimate of drug-likeness (QED) is 0.696. The third-order valence-electron chi connectivity index (χ3n) is 2.36. The number of halogens is 1. The molecule has 0 fully saturated rings. The number of carbonyl (C=O) groups is 1. The minimum Gasteiger partial charge on any atom is -0.478 e. The van der Waals surface area contributed by atoms with Gasteiger partial charge >= 0.3 is 5.97 Å². The first kappa shape index (κ1) is 12.5. The van der Waals surface area contributed by atoms with Gasteiger partial charge in [0.25, 0.3) is 0 Å². The van der Waals surface area contributed by atoms with Crippen LogP contribution in [-0.2, 0) is 4.79 Å². The van der Waals surface area contributed by atoms with Crippen LogP contribution in [0, 0.1) is 0 Å². The van der Waals surface area contributed by atoms with E-state index in [-0.39, 0.29) is 0 Å². The largest absolute Gasteiger partial charge is 0.478 e. The van der Waals surface area contributed by atoms with Gasteiger partial charge in [-0.3, -0.25) is 0 Å². The Hall–Kier alpha value is -1.94. The van der Waals surface area contributed by atoms with Gasteiger partial charge in [0, 0.05) is 11.6 Å². The number of hydrogen-bond acceptors (Lipinski definition) is 2. The standard InChI is InChI=1S/C14H10BrNO2/c15-13-7-3-6-12(16-13)11-5-2-1-4-10(11)8-9-14(17)18/h1-9H,(H,17,18)/b9-8+. The summed E-state index contributed by atoms with van der Waals surface area (Å²) in [4.78, 5) is 14.9. The van der Waals surface area contributed by atoms with Crippen LogP contribution in [0.15, 0.2) is 53.1 Å². The van der Waals surface area contributed by atoms with E-state index in [0.717, 1.165) is 27.5 Å². The second-order valence-corrected chi connectivity index (χ2v) is 4.42. The van der Waals surface area contributed by atoms with Crippen molar-refractivity contribution in [1.29, 1.82) is 0 Å². The average Bonchev–Trinajstić information content (AvgIpc) is 2.36. The van der Waals surface area contributed by atoms with Gasteiger partial charge in [-0.1, -0.05) is 30.3 Å². The van der Waals surface area contributed by atoms with Gasteiger partial charge in [-0.25, -0.2) is 9.78 Å². The molecule has 0 unspecified atom stereocenters. The molecule has 2 rings (SSSR count). The van der Waals surface area contributed by atoms with Crippen molar-refractivity contribution in [3.8, 4) is 11.3 Å². The highest BCUT2D eigenvalue weighted by Gasteiger charge is 2.04. The van der Waals surface area contributed by atoms with E-state index in [1.54, 1.807) is 6.08 Å². The Kier molecular flexibility index (Phi) is 3.89. The Morgan fingerprint density at radius 3 is 2.67 bits per heavy atom. The van der Waals surface area contributed by atoms with E-state index in [4.69, 9.17) is 5.11 Å². The third kappa shape index (κ3) is 3.05. The molecule has 0 amide bonds. The van der Waals surface area contributed by atoms with E-state index in [1.165, 1.54) is 0 Å². The maximum atomic E-state index is 10.6. The predicted molar refractivity (Wildman–Crippen MR) is 74.0 cm³/mol. The average molecular weight is 304 g/mol. The molecular weight excluding hydrogens is 294 g/mol. The normalized spacial score (nSPS) is 10.7. The van der Waals surface area contributed by atoms with Gasteiger partial charge in [0.05, 0.1) is 5.69 Å². The van der Waals surface area contributed by atoms with Gasteiger partial charge in [0.2, 0.25) is 0 Å². The van der Waals surface area contributed by atoms with Crippen LogP contribution < -0.4 is 0 Å². The zero-order valence-corrected chi connectivity index (χ0v) is 11.0. The summed E-state index contributed by atoms with van der Waals surface area (Å²) in [6.07, 6.45) is 2.69. The molecule has 0 saturated heterocycles. The lowest BCUT2D eigenvalue weighted by atomic mass is 10.0. The maximum absolute atomic E-state index is 10.6. The van der Waals surface area contributed by atoms with Crippen molar-refractivity contribution in [2.75, 3.05) is 0 Å². The fourth-order valence-corrected chi connectivity index (χ4v) is 1.94. The molecule has 1 heterocycles. The van der Waals surface area contributed by atoms with Gasteiger partial charge in [0.1, 0.15) is 4.60 Å². The molecular formula is C14H10BrNO2. The zero-order chi connectivity index (χ0) is 13.0. The van der Waals surface area contributed by atoms with Crippen LogP contribution in [0.1, 0.15) is 5.56 Å². The second kappa shape index (κ2) is 5.60. The third-order valence-corrected chi connectivity index (χ3v) is 2.80. The van der Waals surface area contributed by atoms with Crippen molar-refractivity contribution >= 4 is 28.0 Å². The minimum absolute atomic E-state index is 0.747. The fourth-order valence-electron chi connectivity index (χ4n) is 1.59. The number of hydrogen-bond donors (Lipinski definition) is 1. The lowest BCUT2D eigenvalue weighted by Crippen LogP contribution is -1.89. The molecule has 2 aromatic rings. The van der Waals surface area contributed by atoms with E-state index >= 15 is 0 Å². The summed E-state index contributed by atoms with van der Waals surface area (Å²) in [6.45, 7) is 0. The molecule has 0 atom stereocenters. The number of pyridine rings is 1. The van der Waals surface area contributed by atoms with Crippen molar-refractivity contribution in [3.63, 3.8) is 0 Å². The molecule has 0 radical (unpaired) electrons. The van der Waals surface area contributed by atoms with E-state index in [9.17, 15) is 4.79 Å². The number of carboxylic acid groups (broad SMARTS) is 1. The fraction of sp³-hybridized carbons (Fsp3) is 0. The maximum Gasteiger partial charge on any atom is 0.328 e. The summed E-state index contributed by atoms with van der Waals surface area (Å²) >= 11 is 3.32. The predicted octanol–water partition coefficient (Wildman–Crippen LogP) is 3.61. The summed E-state index contributed by atoms with van der Waals surface area (Å²) in [5.74, 6) is -0.966. The molecule has 4 heteroatoms. The van der Waals surface area contributed by atoms with Crippen LogP contribution >= 0.6 is 15.9 Å². The lowest BCUT2D eigenvalue weighted by Gasteiger charge is -2.05. The highest BCUT2D eigenvalue weighted by Crippen LogP contribution is 2.24. The van der Waals surface area contributed by atoms with Crippen molar-refractivity contribution in [1.82, 2.24) is 4.98 Å². The molecule has 0 saturated carbocycles. The summed E-state index contributed by atoms with van der Waals surface area (Å²) < 4.78 is 0.747. The number of carboxylic acids is 1. The van der Waals surface area contributed by atoms with Crippen molar-refractivity contribution in [2.45, 2.75) is 0 Å². The van der Waals surface area contributed by atoms with E-state index in [1.807, 2.05) is 42.5 Å². The van der Waals surface area contributed by atoms with E-state index in [2.05, 4.69) is 20.9 Å². The number of aliphatic carboxylic acids is 1. The second-order valence-electron chi connectivity index (χ2n) is 3.60. The first-order valence-electron chi connectivity index (χ1n) is 5.30. The van der Waals surface area contributed by atoms with Gasteiger partial charge in [-0.2, -0.15) is 0 Å². The van der Waals surface area contributed by atoms with Crippen LogP contribution in [0.3, 0.4) is 0 Å². The number of aromatic nitrogens is 1. The van der Waals surface area contributed by atoms with Crippen molar-refractivity contribution in [2.24, 2.45) is 0 Å².